The molecule has 0 aliphatic heterocycles. The minimum absolute atomic E-state index is 0.320. The first-order valence-electron chi connectivity index (χ1n) is 5.99. The van der Waals surface area contributed by atoms with Gasteiger partial charge in [-0.1, -0.05) is 28.1 Å². The van der Waals surface area contributed by atoms with Gasteiger partial charge in [0, 0.05) is 20.8 Å². The first-order valence-corrected chi connectivity index (χ1v) is 6.79. The Hall–Kier alpha value is -2.25. The van der Waals surface area contributed by atoms with Gasteiger partial charge in [0.2, 0.25) is 5.76 Å². The van der Waals surface area contributed by atoms with Crippen molar-refractivity contribution in [2.45, 2.75) is 0 Å². The van der Waals surface area contributed by atoms with Gasteiger partial charge in [0.05, 0.1) is 7.11 Å². The van der Waals surface area contributed by atoms with Gasteiger partial charge in [0.1, 0.15) is 17.6 Å². The Morgan fingerprint density at radius 2 is 1.85 bits per heavy atom. The minimum Gasteiger partial charge on any atom is -0.497 e. The molecule has 3 aromatic rings. The highest BCUT2D eigenvalue weighted by Crippen LogP contribution is 2.36. The van der Waals surface area contributed by atoms with Gasteiger partial charge >= 0.3 is 0 Å². The molecule has 3 rings (SSSR count). The van der Waals surface area contributed by atoms with Gasteiger partial charge in [-0.25, -0.2) is 0 Å². The van der Waals surface area contributed by atoms with E-state index in [0.717, 1.165) is 26.6 Å². The highest BCUT2D eigenvalue weighted by Gasteiger charge is 2.15. The summed E-state index contributed by atoms with van der Waals surface area (Å²) < 4.78 is 11.9. The maximum Gasteiger partial charge on any atom is 0.212 e. The van der Waals surface area contributed by atoms with Gasteiger partial charge in [-0.3, -0.25) is 0 Å². The van der Waals surface area contributed by atoms with Crippen molar-refractivity contribution in [3.8, 4) is 23.1 Å². The number of methoxy groups -OCH3 is 1. The molecule has 4 heteroatoms. The number of nitriles is 1. The summed E-state index contributed by atoms with van der Waals surface area (Å²) in [4.78, 5) is 0. The van der Waals surface area contributed by atoms with Gasteiger partial charge in [-0.15, -0.1) is 0 Å². The number of hydrogen-bond donors (Lipinski definition) is 0. The number of rotatable bonds is 2. The quantitative estimate of drug-likeness (QED) is 0.682. The molecular formula is C16H10BrNO2. The fourth-order valence-corrected chi connectivity index (χ4v) is 2.41. The molecule has 0 spiro atoms. The van der Waals surface area contributed by atoms with E-state index in [2.05, 4.69) is 22.0 Å². The molecule has 0 radical (unpaired) electrons. The van der Waals surface area contributed by atoms with Gasteiger partial charge in [0.15, 0.2) is 0 Å². The van der Waals surface area contributed by atoms with Crippen molar-refractivity contribution in [1.29, 1.82) is 5.26 Å². The van der Waals surface area contributed by atoms with Crippen LogP contribution in [0.3, 0.4) is 0 Å². The van der Waals surface area contributed by atoms with Crippen LogP contribution >= 0.6 is 15.9 Å². The van der Waals surface area contributed by atoms with Crippen LogP contribution in [0, 0.1) is 11.3 Å². The molecule has 0 unspecified atom stereocenters. The van der Waals surface area contributed by atoms with Crippen molar-refractivity contribution in [2.24, 2.45) is 0 Å². The van der Waals surface area contributed by atoms with Crippen LogP contribution in [0.1, 0.15) is 5.76 Å². The highest BCUT2D eigenvalue weighted by molar-refractivity contribution is 9.10. The van der Waals surface area contributed by atoms with Crippen LogP contribution in [0.15, 0.2) is 51.4 Å². The lowest BCUT2D eigenvalue weighted by Gasteiger charge is -2.01. The van der Waals surface area contributed by atoms with E-state index < -0.39 is 0 Å². The van der Waals surface area contributed by atoms with Crippen LogP contribution in [-0.2, 0) is 0 Å². The van der Waals surface area contributed by atoms with Crippen LogP contribution in [0.2, 0.25) is 0 Å². The second-order valence-electron chi connectivity index (χ2n) is 4.29. The molecule has 0 amide bonds. The molecule has 0 N–H and O–H groups in total. The number of nitrogens with zero attached hydrogens (tertiary/aromatic N) is 1. The van der Waals surface area contributed by atoms with Crippen molar-refractivity contribution in [3.05, 3.63) is 52.7 Å². The van der Waals surface area contributed by atoms with Gasteiger partial charge in [0.25, 0.3) is 0 Å². The summed E-state index contributed by atoms with van der Waals surface area (Å²) >= 11 is 3.41. The maximum atomic E-state index is 9.18. The van der Waals surface area contributed by atoms with E-state index in [9.17, 15) is 5.26 Å². The molecule has 0 aliphatic rings. The fourth-order valence-electron chi connectivity index (χ4n) is 2.15. The van der Waals surface area contributed by atoms with Crippen LogP contribution in [-0.4, -0.2) is 7.11 Å². The molecule has 0 saturated carbocycles. The molecule has 1 heterocycles. The smallest absolute Gasteiger partial charge is 0.212 e. The third-order valence-electron chi connectivity index (χ3n) is 3.13. The molecule has 1 aromatic heterocycles. The second kappa shape index (κ2) is 5.03. The molecule has 0 saturated heterocycles. The van der Waals surface area contributed by atoms with Crippen molar-refractivity contribution in [2.75, 3.05) is 7.11 Å². The predicted octanol–water partition coefficient (Wildman–Crippen LogP) is 4.74. The average Bonchev–Trinajstić information content (AvgIpc) is 2.86. The van der Waals surface area contributed by atoms with Gasteiger partial charge < -0.3 is 9.15 Å². The standard InChI is InChI=1S/C16H10BrNO2/c1-19-12-6-7-13-14(8-12)16(20-15(13)9-18)10-2-4-11(17)5-3-10/h2-8H,1H3. The lowest BCUT2D eigenvalue weighted by atomic mass is 10.1. The molecule has 0 bridgehead atoms. The Bertz CT molecular complexity index is 813. The summed E-state index contributed by atoms with van der Waals surface area (Å²) in [5, 5.41) is 10.9. The van der Waals surface area contributed by atoms with Gasteiger partial charge in [-0.05, 0) is 30.3 Å². The van der Waals surface area contributed by atoms with Crippen LogP contribution < -0.4 is 4.74 Å². The zero-order chi connectivity index (χ0) is 14.1. The minimum atomic E-state index is 0.320. The Kier molecular flexibility index (Phi) is 3.21. The van der Waals surface area contributed by atoms with Crippen LogP contribution in [0.25, 0.3) is 22.1 Å². The Labute approximate surface area is 124 Å². The molecule has 0 fully saturated rings. The zero-order valence-electron chi connectivity index (χ0n) is 10.7. The van der Waals surface area contributed by atoms with Crippen molar-refractivity contribution >= 4 is 26.7 Å². The van der Waals surface area contributed by atoms with Gasteiger partial charge in [-0.2, -0.15) is 5.26 Å². The molecule has 0 aliphatic carbocycles. The molecule has 0 atom stereocenters. The number of fused-ring (bicyclic) bond motifs is 1. The third-order valence-corrected chi connectivity index (χ3v) is 3.66. The number of hydrogen-bond acceptors (Lipinski definition) is 3. The Morgan fingerprint density at radius 1 is 1.10 bits per heavy atom. The first-order chi connectivity index (χ1) is 9.72. The maximum absolute atomic E-state index is 9.18. The molecule has 20 heavy (non-hydrogen) atoms. The SMILES string of the molecule is COc1ccc2c(C#N)oc(-c3ccc(Br)cc3)c2c1. The average molecular weight is 328 g/mol. The number of benzene rings is 2. The normalized spacial score (nSPS) is 10.4. The largest absolute Gasteiger partial charge is 0.497 e. The molecule has 2 aromatic carbocycles. The number of furan rings is 1. The van der Waals surface area contributed by atoms with E-state index >= 15 is 0 Å². The summed E-state index contributed by atoms with van der Waals surface area (Å²) in [6.07, 6.45) is 0. The summed E-state index contributed by atoms with van der Waals surface area (Å²) in [5.41, 5.74) is 0.924. The van der Waals surface area contributed by atoms with Crippen molar-refractivity contribution < 1.29 is 9.15 Å². The highest BCUT2D eigenvalue weighted by atomic mass is 79.9. The summed E-state index contributed by atoms with van der Waals surface area (Å²) in [6, 6.07) is 15.4. The van der Waals surface area contributed by atoms with E-state index in [1.54, 1.807) is 7.11 Å². The zero-order valence-corrected chi connectivity index (χ0v) is 12.3. The summed E-state index contributed by atoms with van der Waals surface area (Å²) in [6.45, 7) is 0. The van der Waals surface area contributed by atoms with E-state index in [-0.39, 0.29) is 0 Å². The molecular weight excluding hydrogens is 318 g/mol. The van der Waals surface area contributed by atoms with Crippen LogP contribution in [0.4, 0.5) is 0 Å². The predicted molar refractivity (Wildman–Crippen MR) is 80.6 cm³/mol. The topological polar surface area (TPSA) is 46.2 Å². The Morgan fingerprint density at radius 3 is 2.50 bits per heavy atom. The molecule has 3 nitrogen and oxygen atoms in total. The van der Waals surface area contributed by atoms with Crippen molar-refractivity contribution in [1.82, 2.24) is 0 Å². The summed E-state index contributed by atoms with van der Waals surface area (Å²) in [5.74, 6) is 1.74. The Balaban J connectivity index is 2.29. The van der Waals surface area contributed by atoms with E-state index in [1.807, 2.05) is 42.5 Å². The monoisotopic (exact) mass is 327 g/mol. The lowest BCUT2D eigenvalue weighted by Crippen LogP contribution is -1.82. The van der Waals surface area contributed by atoms with E-state index in [4.69, 9.17) is 9.15 Å². The molecule has 98 valence electrons. The van der Waals surface area contributed by atoms with E-state index in [1.165, 1.54) is 0 Å². The van der Waals surface area contributed by atoms with Crippen LogP contribution in [0.5, 0.6) is 5.75 Å². The number of halogens is 1. The lowest BCUT2D eigenvalue weighted by molar-refractivity contribution is 0.415. The summed E-state index contributed by atoms with van der Waals surface area (Å²) in [7, 11) is 1.62. The number of ether oxygens (including phenoxy) is 1. The third kappa shape index (κ3) is 2.06. The fraction of sp³-hybridized carbons (Fsp3) is 0.0625. The second-order valence-corrected chi connectivity index (χ2v) is 5.21. The van der Waals surface area contributed by atoms with E-state index in [0.29, 0.717) is 11.5 Å². The van der Waals surface area contributed by atoms with Crippen molar-refractivity contribution in [3.63, 3.8) is 0 Å². The first kappa shape index (κ1) is 12.8.